The molecule has 0 unspecified atom stereocenters. The lowest BCUT2D eigenvalue weighted by Crippen LogP contribution is -2.47. The van der Waals surface area contributed by atoms with Gasteiger partial charge in [0.25, 0.3) is 0 Å². The maximum Gasteiger partial charge on any atom is 0.435 e. The van der Waals surface area contributed by atoms with E-state index in [2.05, 4.69) is 0 Å². The monoisotopic (exact) mass is 271 g/mol. The molecule has 19 heavy (non-hydrogen) atoms. The Morgan fingerprint density at radius 1 is 1.32 bits per heavy atom. The summed E-state index contributed by atoms with van der Waals surface area (Å²) in [5, 5.41) is 1.05. The third-order valence-electron chi connectivity index (χ3n) is 2.25. The largest absolute Gasteiger partial charge is 0.464 e. The molecule has 2 atom stereocenters. The average molecular weight is 271 g/mol. The number of carbonyl (C=O) groups excluding carboxylic acids is 2. The Balaban J connectivity index is 2.72. The number of esters is 1. The van der Waals surface area contributed by atoms with E-state index in [1.165, 1.54) is 0 Å². The quantitative estimate of drug-likeness (QED) is 0.568. The van der Waals surface area contributed by atoms with Crippen molar-refractivity contribution in [2.24, 2.45) is 0 Å². The van der Waals surface area contributed by atoms with E-state index in [4.69, 9.17) is 14.3 Å². The molecule has 0 bridgehead atoms. The Kier molecular flexibility index (Phi) is 4.94. The second-order valence-corrected chi connectivity index (χ2v) is 5.21. The maximum absolute atomic E-state index is 11.9. The molecule has 108 valence electrons. The Hall–Kier alpha value is -1.56. The molecule has 1 aliphatic heterocycles. The van der Waals surface area contributed by atoms with Gasteiger partial charge in [0.05, 0.1) is 12.6 Å². The van der Waals surface area contributed by atoms with Crippen molar-refractivity contribution < 1.29 is 23.9 Å². The minimum Gasteiger partial charge on any atom is -0.464 e. The van der Waals surface area contributed by atoms with Crippen LogP contribution < -0.4 is 0 Å². The predicted molar refractivity (Wildman–Crippen MR) is 68.2 cm³/mol. The minimum atomic E-state index is -0.913. The van der Waals surface area contributed by atoms with Crippen LogP contribution in [0.15, 0.2) is 12.2 Å². The minimum absolute atomic E-state index is 0.258. The molecule has 0 aliphatic carbocycles. The molecule has 6 nitrogen and oxygen atoms in total. The smallest absolute Gasteiger partial charge is 0.435 e. The van der Waals surface area contributed by atoms with Crippen LogP contribution in [-0.4, -0.2) is 41.5 Å². The molecule has 0 aromatic carbocycles. The molecule has 1 rings (SSSR count). The van der Waals surface area contributed by atoms with E-state index in [1.54, 1.807) is 46.8 Å². The number of rotatable bonds is 2. The van der Waals surface area contributed by atoms with E-state index in [9.17, 15) is 9.59 Å². The number of carbonyl (C=O) groups is 2. The van der Waals surface area contributed by atoms with Crippen molar-refractivity contribution in [3.05, 3.63) is 12.2 Å². The van der Waals surface area contributed by atoms with Gasteiger partial charge in [0.1, 0.15) is 5.60 Å². The fraction of sp³-hybridized carbons (Fsp3) is 0.692. The van der Waals surface area contributed by atoms with Crippen LogP contribution in [0.1, 0.15) is 34.6 Å². The van der Waals surface area contributed by atoms with Gasteiger partial charge in [-0.15, -0.1) is 0 Å². The molecule has 6 heteroatoms. The molecule has 1 aliphatic rings. The zero-order valence-electron chi connectivity index (χ0n) is 12.0. The summed E-state index contributed by atoms with van der Waals surface area (Å²) in [6, 6.07) is -0.305. The van der Waals surface area contributed by atoms with Crippen LogP contribution >= 0.6 is 0 Å². The van der Waals surface area contributed by atoms with E-state index in [1.807, 2.05) is 0 Å². The van der Waals surface area contributed by atoms with Gasteiger partial charge in [-0.2, -0.15) is 5.06 Å². The van der Waals surface area contributed by atoms with Gasteiger partial charge in [-0.1, -0.05) is 6.08 Å². The fourth-order valence-corrected chi connectivity index (χ4v) is 1.46. The van der Waals surface area contributed by atoms with Crippen molar-refractivity contribution in [1.29, 1.82) is 0 Å². The van der Waals surface area contributed by atoms with Crippen molar-refractivity contribution >= 4 is 12.1 Å². The van der Waals surface area contributed by atoms with Crippen LogP contribution in [-0.2, 0) is 19.1 Å². The molecule has 0 N–H and O–H groups in total. The Bertz CT molecular complexity index is 372. The van der Waals surface area contributed by atoms with Crippen molar-refractivity contribution in [1.82, 2.24) is 5.06 Å². The van der Waals surface area contributed by atoms with Crippen molar-refractivity contribution in [2.45, 2.75) is 52.4 Å². The van der Waals surface area contributed by atoms with Gasteiger partial charge >= 0.3 is 12.1 Å². The summed E-state index contributed by atoms with van der Waals surface area (Å²) >= 11 is 0. The fourth-order valence-electron chi connectivity index (χ4n) is 1.46. The summed E-state index contributed by atoms with van der Waals surface area (Å²) in [5.74, 6) is -0.529. The number of hydrogen-bond acceptors (Lipinski definition) is 5. The van der Waals surface area contributed by atoms with E-state index < -0.39 is 23.8 Å². The Labute approximate surface area is 113 Å². The standard InChI is InChI=1S/C13H21NO5/c1-6-17-11(15)10-8-7-9(2)14(19-10)12(16)18-13(3,4)5/h7-10H,6H2,1-5H3/t9-,10-/m1/s1. The third-order valence-corrected chi connectivity index (χ3v) is 2.25. The third kappa shape index (κ3) is 4.55. The van der Waals surface area contributed by atoms with Gasteiger partial charge in [0.2, 0.25) is 6.10 Å². The summed E-state index contributed by atoms with van der Waals surface area (Å²) in [5.41, 5.74) is -0.624. The number of hydrogen-bond donors (Lipinski definition) is 0. The van der Waals surface area contributed by atoms with Gasteiger partial charge < -0.3 is 9.47 Å². The van der Waals surface area contributed by atoms with Crippen LogP contribution in [0.5, 0.6) is 0 Å². The topological polar surface area (TPSA) is 65.1 Å². The molecule has 0 saturated heterocycles. The van der Waals surface area contributed by atoms with Crippen LogP contribution in [0.2, 0.25) is 0 Å². The van der Waals surface area contributed by atoms with E-state index in [-0.39, 0.29) is 12.6 Å². The summed E-state index contributed by atoms with van der Waals surface area (Å²) < 4.78 is 10.1. The molecule has 1 amide bonds. The second-order valence-electron chi connectivity index (χ2n) is 5.21. The Morgan fingerprint density at radius 3 is 2.47 bits per heavy atom. The lowest BCUT2D eigenvalue weighted by Gasteiger charge is -2.33. The summed E-state index contributed by atoms with van der Waals surface area (Å²) in [4.78, 5) is 28.8. The molecule has 0 spiro atoms. The molecular formula is C13H21NO5. The highest BCUT2D eigenvalue weighted by Crippen LogP contribution is 2.18. The molecule has 0 saturated carbocycles. The number of ether oxygens (including phenoxy) is 2. The van der Waals surface area contributed by atoms with E-state index in [0.717, 1.165) is 5.06 Å². The molecule has 0 fully saturated rings. The van der Waals surface area contributed by atoms with Crippen LogP contribution in [0.3, 0.4) is 0 Å². The van der Waals surface area contributed by atoms with Gasteiger partial charge in [0, 0.05) is 0 Å². The molecule has 0 aromatic rings. The Morgan fingerprint density at radius 2 is 1.95 bits per heavy atom. The average Bonchev–Trinajstić information content (AvgIpc) is 2.27. The molecule has 0 aromatic heterocycles. The first-order chi connectivity index (χ1) is 8.74. The number of amides is 1. The normalized spacial score (nSPS) is 23.1. The lowest BCUT2D eigenvalue weighted by atomic mass is 10.2. The van der Waals surface area contributed by atoms with Crippen molar-refractivity contribution in [2.75, 3.05) is 6.61 Å². The van der Waals surface area contributed by atoms with Crippen LogP contribution in [0.4, 0.5) is 4.79 Å². The van der Waals surface area contributed by atoms with Gasteiger partial charge in [0.15, 0.2) is 0 Å². The number of nitrogens with zero attached hydrogens (tertiary/aromatic N) is 1. The van der Waals surface area contributed by atoms with Crippen LogP contribution in [0.25, 0.3) is 0 Å². The summed E-state index contributed by atoms with van der Waals surface area (Å²) in [6.45, 7) is 9.02. The van der Waals surface area contributed by atoms with Crippen molar-refractivity contribution in [3.63, 3.8) is 0 Å². The van der Waals surface area contributed by atoms with Gasteiger partial charge in [-0.05, 0) is 40.7 Å². The van der Waals surface area contributed by atoms with Gasteiger partial charge in [-0.3, -0.25) is 0 Å². The zero-order valence-corrected chi connectivity index (χ0v) is 12.0. The summed E-state index contributed by atoms with van der Waals surface area (Å²) in [6.07, 6.45) is 1.74. The highest BCUT2D eigenvalue weighted by atomic mass is 16.7. The van der Waals surface area contributed by atoms with Gasteiger partial charge in [-0.25, -0.2) is 14.4 Å². The first-order valence-corrected chi connectivity index (χ1v) is 6.28. The van der Waals surface area contributed by atoms with E-state index >= 15 is 0 Å². The number of hydroxylamine groups is 2. The molecule has 1 heterocycles. The zero-order chi connectivity index (χ0) is 14.6. The second kappa shape index (κ2) is 6.06. The summed E-state index contributed by atoms with van der Waals surface area (Å²) in [7, 11) is 0. The maximum atomic E-state index is 11.9. The van der Waals surface area contributed by atoms with Crippen molar-refractivity contribution in [3.8, 4) is 0 Å². The lowest BCUT2D eigenvalue weighted by molar-refractivity contribution is -0.203. The van der Waals surface area contributed by atoms with Crippen LogP contribution in [0, 0.1) is 0 Å². The first kappa shape index (κ1) is 15.5. The highest BCUT2D eigenvalue weighted by molar-refractivity contribution is 5.78. The first-order valence-electron chi connectivity index (χ1n) is 6.28. The predicted octanol–water partition coefficient (Wildman–Crippen LogP) is 2.05. The SMILES string of the molecule is CCOC(=O)[C@H]1C=C[C@@H](C)N(C(=O)OC(C)(C)C)O1. The molecular weight excluding hydrogens is 250 g/mol. The highest BCUT2D eigenvalue weighted by Gasteiger charge is 2.33. The van der Waals surface area contributed by atoms with E-state index in [0.29, 0.717) is 0 Å². The molecule has 0 radical (unpaired) electrons.